The zero-order chi connectivity index (χ0) is 22.0. The van der Waals surface area contributed by atoms with E-state index in [1.165, 1.54) is 10.6 Å². The lowest BCUT2D eigenvalue weighted by Crippen LogP contribution is -2.07. The number of hydrogen-bond donors (Lipinski definition) is 0. The number of nitrogens with zero attached hydrogens (tertiary/aromatic N) is 3. The van der Waals surface area contributed by atoms with Crippen molar-refractivity contribution in [1.29, 1.82) is 0 Å². The number of fused-ring (bicyclic) bond motifs is 1. The summed E-state index contributed by atoms with van der Waals surface area (Å²) in [5.41, 5.74) is 1.20. The number of aromatic nitrogens is 2. The number of alkyl halides is 3. The van der Waals surface area contributed by atoms with Crippen molar-refractivity contribution in [2.75, 3.05) is 0 Å². The lowest BCUT2D eigenvalue weighted by Gasteiger charge is -2.10. The zero-order valence-electron chi connectivity index (χ0n) is 15.8. The second kappa shape index (κ2) is 8.61. The summed E-state index contributed by atoms with van der Waals surface area (Å²) in [6, 6.07) is 16.8. The van der Waals surface area contributed by atoms with Gasteiger partial charge in [-0.2, -0.15) is 13.2 Å². The maximum atomic E-state index is 13.3. The number of halogens is 5. The smallest absolute Gasteiger partial charge is 0.391 e. The highest BCUT2D eigenvalue weighted by molar-refractivity contribution is 6.34. The first-order valence-corrected chi connectivity index (χ1v) is 9.82. The first kappa shape index (κ1) is 21.2. The van der Waals surface area contributed by atoms with Crippen LogP contribution in [0.2, 0.25) is 10.0 Å². The Balaban J connectivity index is 1.72. The summed E-state index contributed by atoms with van der Waals surface area (Å²) in [7, 11) is 0. The SMILES string of the molecule is FC(F)(F)c1cc(Cl)c2c(C=NOCc3ccc(Cl)cc3)nc(-c3ccccc3)n2c1. The molecule has 2 aromatic carbocycles. The molecule has 4 rings (SSSR count). The predicted molar refractivity (Wildman–Crippen MR) is 114 cm³/mol. The molecule has 0 fully saturated rings. The molecule has 0 atom stereocenters. The highest BCUT2D eigenvalue weighted by Gasteiger charge is 2.32. The summed E-state index contributed by atoms with van der Waals surface area (Å²) >= 11 is 12.1. The molecule has 0 N–H and O–H groups in total. The Morgan fingerprint density at radius 1 is 1.03 bits per heavy atom. The summed E-state index contributed by atoms with van der Waals surface area (Å²) in [5, 5.41) is 4.43. The Hall–Kier alpha value is -3.03. The average Bonchev–Trinajstić information content (AvgIpc) is 3.12. The Morgan fingerprint density at radius 3 is 2.42 bits per heavy atom. The van der Waals surface area contributed by atoms with E-state index in [2.05, 4.69) is 10.1 Å². The van der Waals surface area contributed by atoms with Gasteiger partial charge in [0.2, 0.25) is 0 Å². The van der Waals surface area contributed by atoms with Crippen LogP contribution in [-0.4, -0.2) is 15.6 Å². The molecule has 0 saturated carbocycles. The Labute approximate surface area is 185 Å². The number of pyridine rings is 1. The third kappa shape index (κ3) is 4.68. The first-order valence-electron chi connectivity index (χ1n) is 9.07. The van der Waals surface area contributed by atoms with Crippen molar-refractivity contribution in [2.45, 2.75) is 12.8 Å². The van der Waals surface area contributed by atoms with Crippen LogP contribution in [0.5, 0.6) is 0 Å². The van der Waals surface area contributed by atoms with Gasteiger partial charge < -0.3 is 4.84 Å². The maximum absolute atomic E-state index is 13.3. The zero-order valence-corrected chi connectivity index (χ0v) is 17.3. The molecule has 0 unspecified atom stereocenters. The normalized spacial score (nSPS) is 12.0. The molecule has 31 heavy (non-hydrogen) atoms. The van der Waals surface area contributed by atoms with Gasteiger partial charge in [0.25, 0.3) is 0 Å². The second-order valence-corrected chi connectivity index (χ2v) is 7.46. The van der Waals surface area contributed by atoms with Crippen LogP contribution >= 0.6 is 23.2 Å². The van der Waals surface area contributed by atoms with E-state index in [1.807, 2.05) is 0 Å². The van der Waals surface area contributed by atoms with Gasteiger partial charge >= 0.3 is 6.18 Å². The van der Waals surface area contributed by atoms with Crippen LogP contribution in [-0.2, 0) is 17.6 Å². The van der Waals surface area contributed by atoms with Crippen LogP contribution in [0, 0.1) is 0 Å². The van der Waals surface area contributed by atoms with Gasteiger partial charge in [0, 0.05) is 16.8 Å². The molecular formula is C22H14Cl2F3N3O. The molecule has 0 aliphatic rings. The molecule has 0 aliphatic carbocycles. The molecule has 4 aromatic rings. The van der Waals surface area contributed by atoms with E-state index in [1.54, 1.807) is 54.6 Å². The monoisotopic (exact) mass is 463 g/mol. The van der Waals surface area contributed by atoms with Gasteiger partial charge in [0.05, 0.1) is 22.3 Å². The summed E-state index contributed by atoms with van der Waals surface area (Å²) in [6.45, 7) is 0.191. The van der Waals surface area contributed by atoms with E-state index in [4.69, 9.17) is 28.0 Å². The van der Waals surface area contributed by atoms with E-state index in [0.717, 1.165) is 17.8 Å². The highest BCUT2D eigenvalue weighted by Crippen LogP contribution is 2.35. The molecule has 0 bridgehead atoms. The van der Waals surface area contributed by atoms with Crippen LogP contribution in [0.25, 0.3) is 16.9 Å². The van der Waals surface area contributed by atoms with Crippen molar-refractivity contribution in [1.82, 2.24) is 9.38 Å². The van der Waals surface area contributed by atoms with E-state index >= 15 is 0 Å². The van der Waals surface area contributed by atoms with Crippen LogP contribution < -0.4 is 0 Å². The maximum Gasteiger partial charge on any atom is 0.417 e. The minimum Gasteiger partial charge on any atom is -0.391 e. The van der Waals surface area contributed by atoms with Crippen molar-refractivity contribution in [3.8, 4) is 11.4 Å². The van der Waals surface area contributed by atoms with Gasteiger partial charge in [-0.05, 0) is 23.8 Å². The van der Waals surface area contributed by atoms with E-state index < -0.39 is 11.7 Å². The second-order valence-electron chi connectivity index (χ2n) is 6.61. The summed E-state index contributed by atoms with van der Waals surface area (Å²) in [6.07, 6.45) is -2.24. The standard InChI is InChI=1S/C22H14Cl2F3N3O/c23-17-8-6-14(7-9-17)13-31-28-11-19-20-18(24)10-16(22(25,26)27)12-30(20)21(29-19)15-4-2-1-3-5-15/h1-12H,13H2. The molecule has 0 saturated heterocycles. The fourth-order valence-corrected chi connectivity index (χ4v) is 3.44. The van der Waals surface area contributed by atoms with Gasteiger partial charge in [-0.3, -0.25) is 4.40 Å². The molecule has 0 amide bonds. The number of oxime groups is 1. The van der Waals surface area contributed by atoms with E-state index in [9.17, 15) is 13.2 Å². The fraction of sp³-hybridized carbons (Fsp3) is 0.0909. The third-order valence-corrected chi connectivity index (χ3v) is 5.01. The number of rotatable bonds is 5. The van der Waals surface area contributed by atoms with Crippen molar-refractivity contribution < 1.29 is 18.0 Å². The topological polar surface area (TPSA) is 38.9 Å². The molecule has 158 valence electrons. The third-order valence-electron chi connectivity index (χ3n) is 4.47. The Kier molecular flexibility index (Phi) is 5.89. The molecule has 4 nitrogen and oxygen atoms in total. The molecule has 2 heterocycles. The van der Waals surface area contributed by atoms with Gasteiger partial charge in [-0.15, -0.1) is 0 Å². The van der Waals surface area contributed by atoms with Crippen LogP contribution in [0.4, 0.5) is 13.2 Å². The van der Waals surface area contributed by atoms with Gasteiger partial charge in [0.15, 0.2) is 0 Å². The van der Waals surface area contributed by atoms with Crippen LogP contribution in [0.1, 0.15) is 16.8 Å². The molecule has 2 aromatic heterocycles. The number of benzene rings is 2. The quantitative estimate of drug-likeness (QED) is 0.239. The minimum absolute atomic E-state index is 0.0938. The van der Waals surface area contributed by atoms with Gasteiger partial charge in [0.1, 0.15) is 18.1 Å². The Morgan fingerprint density at radius 2 is 1.74 bits per heavy atom. The largest absolute Gasteiger partial charge is 0.417 e. The molecule has 0 radical (unpaired) electrons. The van der Waals surface area contributed by atoms with Crippen LogP contribution in [0.15, 0.2) is 72.0 Å². The lowest BCUT2D eigenvalue weighted by atomic mass is 10.2. The highest BCUT2D eigenvalue weighted by atomic mass is 35.5. The van der Waals surface area contributed by atoms with Crippen molar-refractivity contribution in [2.24, 2.45) is 5.16 Å². The summed E-state index contributed by atoms with van der Waals surface area (Å²) < 4.78 is 41.3. The van der Waals surface area contributed by atoms with Crippen molar-refractivity contribution >= 4 is 34.9 Å². The lowest BCUT2D eigenvalue weighted by molar-refractivity contribution is -0.137. The van der Waals surface area contributed by atoms with Crippen molar-refractivity contribution in [3.63, 3.8) is 0 Å². The average molecular weight is 464 g/mol. The first-order chi connectivity index (χ1) is 14.8. The number of hydrogen-bond acceptors (Lipinski definition) is 3. The van der Waals surface area contributed by atoms with Crippen molar-refractivity contribution in [3.05, 3.63) is 93.7 Å². The minimum atomic E-state index is -4.55. The summed E-state index contributed by atoms with van der Waals surface area (Å²) in [4.78, 5) is 9.76. The van der Waals surface area contributed by atoms with Gasteiger partial charge in [-0.1, -0.05) is 70.8 Å². The van der Waals surface area contributed by atoms with E-state index in [-0.39, 0.29) is 17.3 Å². The summed E-state index contributed by atoms with van der Waals surface area (Å²) in [5.74, 6) is 0.308. The number of imidazole rings is 1. The molecular weight excluding hydrogens is 450 g/mol. The Bertz CT molecular complexity index is 1240. The fourth-order valence-electron chi connectivity index (χ4n) is 3.01. The molecule has 0 aliphatic heterocycles. The molecule has 9 heteroatoms. The van der Waals surface area contributed by atoms with E-state index in [0.29, 0.717) is 21.9 Å². The molecule has 0 spiro atoms. The van der Waals surface area contributed by atoms with Gasteiger partial charge in [-0.25, -0.2) is 4.98 Å². The predicted octanol–water partition coefficient (Wildman–Crippen LogP) is 6.88. The van der Waals surface area contributed by atoms with Crippen LogP contribution in [0.3, 0.4) is 0 Å².